The van der Waals surface area contributed by atoms with Crippen molar-refractivity contribution >= 4 is 52.4 Å². The molecule has 6 nitrogen and oxygen atoms in total. The van der Waals surface area contributed by atoms with Crippen LogP contribution in [0.4, 0.5) is 5.69 Å². The van der Waals surface area contributed by atoms with Gasteiger partial charge in [-0.25, -0.2) is 4.98 Å². The van der Waals surface area contributed by atoms with Crippen molar-refractivity contribution in [1.82, 2.24) is 10.3 Å². The summed E-state index contributed by atoms with van der Waals surface area (Å²) in [7, 11) is 0. The molecule has 0 radical (unpaired) electrons. The molecule has 148 valence electrons. The Kier molecular flexibility index (Phi) is 6.19. The molecule has 0 aliphatic carbocycles. The number of nitrogens with two attached hydrogens (primary N) is 1. The van der Waals surface area contributed by atoms with E-state index in [4.69, 9.17) is 5.73 Å². The quantitative estimate of drug-likeness (QED) is 0.502. The fourth-order valence-corrected chi connectivity index (χ4v) is 5.58. The summed E-state index contributed by atoms with van der Waals surface area (Å²) >= 11 is 4.68. The highest BCUT2D eigenvalue weighted by Crippen LogP contribution is 2.39. The molecule has 0 atom stereocenters. The summed E-state index contributed by atoms with van der Waals surface area (Å²) in [6.07, 6.45) is 1.77. The predicted octanol–water partition coefficient (Wildman–Crippen LogP) is 3.84. The largest absolute Gasteiger partial charge is 0.347 e. The number of hydrogen-bond acceptors (Lipinski definition) is 7. The van der Waals surface area contributed by atoms with E-state index in [0.29, 0.717) is 29.9 Å². The van der Waals surface area contributed by atoms with Crippen molar-refractivity contribution in [1.29, 1.82) is 0 Å². The molecule has 4 rings (SSSR count). The van der Waals surface area contributed by atoms with E-state index in [9.17, 15) is 9.59 Å². The van der Waals surface area contributed by atoms with Gasteiger partial charge in [0.25, 0.3) is 11.8 Å². The third kappa shape index (κ3) is 4.64. The molecule has 0 saturated carbocycles. The number of carbonyl (C=O) groups is 2. The van der Waals surface area contributed by atoms with Crippen LogP contribution in [0.3, 0.4) is 0 Å². The SMILES string of the molecule is NCCSc1ncc(CNC(=O)c2ccc3c(c2)NC(=O)c2ccccc2S3)s1. The van der Waals surface area contributed by atoms with Gasteiger partial charge in [-0.3, -0.25) is 9.59 Å². The minimum Gasteiger partial charge on any atom is -0.347 e. The number of hydrogen-bond donors (Lipinski definition) is 3. The Morgan fingerprint density at radius 1 is 1.21 bits per heavy atom. The van der Waals surface area contributed by atoms with E-state index in [1.807, 2.05) is 24.3 Å². The van der Waals surface area contributed by atoms with E-state index in [-0.39, 0.29) is 11.8 Å². The van der Waals surface area contributed by atoms with E-state index in [2.05, 4.69) is 15.6 Å². The van der Waals surface area contributed by atoms with Gasteiger partial charge in [0.15, 0.2) is 0 Å². The number of benzene rings is 2. The summed E-state index contributed by atoms with van der Waals surface area (Å²) < 4.78 is 0.948. The second-order valence-electron chi connectivity index (χ2n) is 6.18. The predicted molar refractivity (Wildman–Crippen MR) is 118 cm³/mol. The third-order valence-electron chi connectivity index (χ3n) is 4.14. The molecule has 1 aliphatic rings. The Labute approximate surface area is 180 Å². The summed E-state index contributed by atoms with van der Waals surface area (Å²) in [6, 6.07) is 12.8. The first-order valence-corrected chi connectivity index (χ1v) is 11.5. The smallest absolute Gasteiger partial charge is 0.256 e. The van der Waals surface area contributed by atoms with Crippen molar-refractivity contribution in [2.75, 3.05) is 17.6 Å². The number of nitrogens with zero attached hydrogens (tertiary/aromatic N) is 1. The summed E-state index contributed by atoms with van der Waals surface area (Å²) in [5, 5.41) is 5.82. The van der Waals surface area contributed by atoms with Crippen LogP contribution in [0.15, 0.2) is 62.8 Å². The molecule has 29 heavy (non-hydrogen) atoms. The topological polar surface area (TPSA) is 97.1 Å². The Morgan fingerprint density at radius 2 is 2.07 bits per heavy atom. The summed E-state index contributed by atoms with van der Waals surface area (Å²) in [6.45, 7) is 1.01. The molecule has 9 heteroatoms. The fraction of sp³-hybridized carbons (Fsp3) is 0.150. The highest BCUT2D eigenvalue weighted by atomic mass is 32.2. The third-order valence-corrected chi connectivity index (χ3v) is 7.48. The molecule has 0 saturated heterocycles. The van der Waals surface area contributed by atoms with Gasteiger partial charge in [0, 0.05) is 38.7 Å². The maximum atomic E-state index is 12.6. The van der Waals surface area contributed by atoms with E-state index >= 15 is 0 Å². The number of aromatic nitrogens is 1. The molecular weight excluding hydrogens is 424 g/mol. The summed E-state index contributed by atoms with van der Waals surface area (Å²) in [5.74, 6) is 0.456. The minimum atomic E-state index is -0.196. The summed E-state index contributed by atoms with van der Waals surface area (Å²) in [4.78, 5) is 32.2. The van der Waals surface area contributed by atoms with E-state index in [1.54, 1.807) is 47.5 Å². The molecule has 2 aromatic carbocycles. The first-order chi connectivity index (χ1) is 14.1. The lowest BCUT2D eigenvalue weighted by Crippen LogP contribution is -2.22. The molecule has 1 aromatic heterocycles. The summed E-state index contributed by atoms with van der Waals surface area (Å²) in [5.41, 5.74) is 7.28. The second kappa shape index (κ2) is 9.00. The molecular formula is C20H18N4O2S3. The standard InChI is InChI=1S/C20H18N4O2S3/c21-7-8-27-20-23-11-13(28-20)10-22-18(25)12-5-6-17-15(9-12)24-19(26)14-3-1-2-4-16(14)29-17/h1-6,9,11H,7-8,10,21H2,(H,22,25)(H,24,26). The number of rotatable bonds is 6. The Hall–Kier alpha value is -2.33. The molecule has 2 heterocycles. The maximum absolute atomic E-state index is 12.6. The highest BCUT2D eigenvalue weighted by molar-refractivity contribution is 8.01. The molecule has 3 aromatic rings. The second-order valence-corrected chi connectivity index (χ2v) is 9.72. The number of amides is 2. The molecule has 0 fully saturated rings. The lowest BCUT2D eigenvalue weighted by Gasteiger charge is -2.09. The zero-order chi connectivity index (χ0) is 20.2. The van der Waals surface area contributed by atoms with Gasteiger partial charge in [-0.05, 0) is 30.3 Å². The van der Waals surface area contributed by atoms with Crippen LogP contribution in [0.2, 0.25) is 0 Å². The van der Waals surface area contributed by atoms with Crippen molar-refractivity contribution in [3.63, 3.8) is 0 Å². The van der Waals surface area contributed by atoms with Crippen LogP contribution >= 0.6 is 34.9 Å². The Balaban J connectivity index is 1.45. The van der Waals surface area contributed by atoms with Crippen LogP contribution in [0.25, 0.3) is 0 Å². The van der Waals surface area contributed by atoms with Crippen LogP contribution in [0.5, 0.6) is 0 Å². The number of fused-ring (bicyclic) bond motifs is 2. The van der Waals surface area contributed by atoms with Crippen LogP contribution in [-0.4, -0.2) is 29.1 Å². The van der Waals surface area contributed by atoms with Crippen molar-refractivity contribution in [2.24, 2.45) is 5.73 Å². The van der Waals surface area contributed by atoms with Gasteiger partial charge in [-0.2, -0.15) is 0 Å². The van der Waals surface area contributed by atoms with Gasteiger partial charge in [0.2, 0.25) is 0 Å². The van der Waals surface area contributed by atoms with Crippen LogP contribution in [-0.2, 0) is 6.54 Å². The van der Waals surface area contributed by atoms with Crippen LogP contribution in [0, 0.1) is 0 Å². The van der Waals surface area contributed by atoms with Gasteiger partial charge in [-0.15, -0.1) is 11.3 Å². The average molecular weight is 443 g/mol. The zero-order valence-corrected chi connectivity index (χ0v) is 17.8. The normalized spacial score (nSPS) is 12.5. The van der Waals surface area contributed by atoms with Crippen molar-refractivity contribution < 1.29 is 9.59 Å². The first-order valence-electron chi connectivity index (χ1n) is 8.92. The molecule has 1 aliphatic heterocycles. The van der Waals surface area contributed by atoms with Crippen LogP contribution < -0.4 is 16.4 Å². The number of nitrogens with one attached hydrogen (secondary N) is 2. The molecule has 4 N–H and O–H groups in total. The zero-order valence-electron chi connectivity index (χ0n) is 15.3. The molecule has 0 bridgehead atoms. The van der Waals surface area contributed by atoms with Crippen molar-refractivity contribution in [3.05, 3.63) is 64.7 Å². The van der Waals surface area contributed by atoms with Crippen molar-refractivity contribution in [2.45, 2.75) is 20.7 Å². The van der Waals surface area contributed by atoms with E-state index in [0.717, 1.165) is 24.8 Å². The number of anilines is 1. The van der Waals surface area contributed by atoms with Gasteiger partial charge >= 0.3 is 0 Å². The molecule has 2 amide bonds. The number of thioether (sulfide) groups is 1. The van der Waals surface area contributed by atoms with Crippen molar-refractivity contribution in [3.8, 4) is 0 Å². The highest BCUT2D eigenvalue weighted by Gasteiger charge is 2.20. The number of thiazole rings is 1. The maximum Gasteiger partial charge on any atom is 0.256 e. The average Bonchev–Trinajstić information content (AvgIpc) is 3.14. The molecule has 0 spiro atoms. The van der Waals surface area contributed by atoms with Gasteiger partial charge in [-0.1, -0.05) is 35.7 Å². The van der Waals surface area contributed by atoms with Gasteiger partial charge in [0.05, 0.1) is 17.8 Å². The van der Waals surface area contributed by atoms with E-state index < -0.39 is 0 Å². The lowest BCUT2D eigenvalue weighted by atomic mass is 10.1. The van der Waals surface area contributed by atoms with Gasteiger partial charge < -0.3 is 16.4 Å². The Morgan fingerprint density at radius 3 is 2.93 bits per heavy atom. The lowest BCUT2D eigenvalue weighted by molar-refractivity contribution is 0.0949. The first kappa shape index (κ1) is 20.0. The monoisotopic (exact) mass is 442 g/mol. The molecule has 0 unspecified atom stereocenters. The van der Waals surface area contributed by atoms with Gasteiger partial charge in [0.1, 0.15) is 4.34 Å². The fourth-order valence-electron chi connectivity index (χ4n) is 2.76. The van der Waals surface area contributed by atoms with E-state index in [1.165, 1.54) is 11.8 Å². The van der Waals surface area contributed by atoms with Crippen LogP contribution in [0.1, 0.15) is 25.6 Å². The minimum absolute atomic E-state index is 0.170. The Bertz CT molecular complexity index is 1070. The number of carbonyl (C=O) groups excluding carboxylic acids is 2.